The lowest BCUT2D eigenvalue weighted by Gasteiger charge is -2.33. The number of carbonyl (C=O) groups excluding carboxylic acids is 1. The molecular formula is C17H17ClN4O4. The van der Waals surface area contributed by atoms with Crippen LogP contribution in [0, 0.1) is 10.1 Å². The van der Waals surface area contributed by atoms with Gasteiger partial charge in [0.15, 0.2) is 6.23 Å². The lowest BCUT2D eigenvalue weighted by Crippen LogP contribution is -2.37. The molecule has 2 aromatic rings. The summed E-state index contributed by atoms with van der Waals surface area (Å²) in [5, 5.41) is 16.0. The first kappa shape index (κ1) is 17.0. The molecule has 0 spiro atoms. The second-order valence-electron chi connectivity index (χ2n) is 6.50. The number of rotatable bonds is 3. The van der Waals surface area contributed by atoms with Gasteiger partial charge < -0.3 is 9.64 Å². The Balaban J connectivity index is 1.89. The van der Waals surface area contributed by atoms with Gasteiger partial charge in [0.1, 0.15) is 5.02 Å². The summed E-state index contributed by atoms with van der Waals surface area (Å²) in [7, 11) is 0. The standard InChI is InChI=1S/C17H17ClN4O4/c1-9-16-13(5-6-20(9)10(2)23)21(15-8-26-15)19-17(16)11-3-4-12(18)14(7-11)22(24)25/h3-4,7,9,15H,5-6,8H2,1-2H3. The van der Waals surface area contributed by atoms with E-state index in [1.807, 2.05) is 11.6 Å². The van der Waals surface area contributed by atoms with E-state index in [0.717, 1.165) is 11.3 Å². The van der Waals surface area contributed by atoms with Gasteiger partial charge in [-0.2, -0.15) is 5.10 Å². The number of epoxide rings is 1. The Morgan fingerprint density at radius 2 is 2.19 bits per heavy atom. The molecule has 3 heterocycles. The van der Waals surface area contributed by atoms with Crippen LogP contribution in [-0.2, 0) is 16.0 Å². The predicted octanol–water partition coefficient (Wildman–Crippen LogP) is 3.11. The van der Waals surface area contributed by atoms with Crippen molar-refractivity contribution in [3.8, 4) is 11.3 Å². The van der Waals surface area contributed by atoms with E-state index < -0.39 is 4.92 Å². The number of halogens is 1. The van der Waals surface area contributed by atoms with Crippen molar-refractivity contribution in [2.24, 2.45) is 0 Å². The minimum Gasteiger partial charge on any atom is -0.349 e. The Morgan fingerprint density at radius 1 is 1.46 bits per heavy atom. The largest absolute Gasteiger partial charge is 0.349 e. The van der Waals surface area contributed by atoms with Crippen LogP contribution in [0.5, 0.6) is 0 Å². The van der Waals surface area contributed by atoms with E-state index in [2.05, 4.69) is 5.10 Å². The van der Waals surface area contributed by atoms with Crippen molar-refractivity contribution in [3.63, 3.8) is 0 Å². The average molecular weight is 377 g/mol. The van der Waals surface area contributed by atoms with Gasteiger partial charge in [0.25, 0.3) is 5.69 Å². The number of nitrogens with zero attached hydrogens (tertiary/aromatic N) is 4. The second-order valence-corrected chi connectivity index (χ2v) is 6.91. The van der Waals surface area contributed by atoms with E-state index in [-0.39, 0.29) is 28.9 Å². The fourth-order valence-electron chi connectivity index (χ4n) is 3.61. The van der Waals surface area contributed by atoms with Crippen LogP contribution in [0.25, 0.3) is 11.3 Å². The Bertz CT molecular complexity index is 922. The van der Waals surface area contributed by atoms with Gasteiger partial charge in [-0.3, -0.25) is 14.9 Å². The molecule has 0 N–H and O–H groups in total. The fraction of sp³-hybridized carbons (Fsp3) is 0.412. The van der Waals surface area contributed by atoms with Crippen LogP contribution in [0.15, 0.2) is 18.2 Å². The first-order chi connectivity index (χ1) is 12.4. The summed E-state index contributed by atoms with van der Waals surface area (Å²) < 4.78 is 7.24. The second kappa shape index (κ2) is 6.07. The molecule has 8 nitrogen and oxygen atoms in total. The van der Waals surface area contributed by atoms with E-state index in [1.54, 1.807) is 17.9 Å². The molecule has 1 amide bonds. The number of nitro benzene ring substituents is 1. The van der Waals surface area contributed by atoms with Crippen molar-refractivity contribution in [2.75, 3.05) is 13.2 Å². The van der Waals surface area contributed by atoms with Crippen LogP contribution in [0.2, 0.25) is 5.02 Å². The lowest BCUT2D eigenvalue weighted by atomic mass is 9.94. The monoisotopic (exact) mass is 376 g/mol. The molecule has 2 aliphatic heterocycles. The summed E-state index contributed by atoms with van der Waals surface area (Å²) in [6.45, 7) is 4.71. The van der Waals surface area contributed by atoms with E-state index in [4.69, 9.17) is 16.3 Å². The van der Waals surface area contributed by atoms with Gasteiger partial charge in [0, 0.05) is 42.8 Å². The number of amides is 1. The first-order valence-electron chi connectivity index (χ1n) is 8.33. The van der Waals surface area contributed by atoms with Crippen LogP contribution in [-0.4, -0.2) is 38.7 Å². The molecule has 2 unspecified atom stereocenters. The van der Waals surface area contributed by atoms with Crippen LogP contribution in [0.1, 0.15) is 37.4 Å². The highest BCUT2D eigenvalue weighted by Crippen LogP contribution is 2.41. The maximum Gasteiger partial charge on any atom is 0.288 e. The predicted molar refractivity (Wildman–Crippen MR) is 93.8 cm³/mol. The highest BCUT2D eigenvalue weighted by molar-refractivity contribution is 6.32. The molecule has 0 radical (unpaired) electrons. The molecule has 2 aliphatic rings. The maximum atomic E-state index is 12.0. The number of fused-ring (bicyclic) bond motifs is 1. The van der Waals surface area contributed by atoms with E-state index in [0.29, 0.717) is 30.8 Å². The molecule has 1 aromatic carbocycles. The molecule has 2 atom stereocenters. The molecule has 9 heteroatoms. The number of benzene rings is 1. The van der Waals surface area contributed by atoms with E-state index >= 15 is 0 Å². The summed E-state index contributed by atoms with van der Waals surface area (Å²) in [6.07, 6.45) is 0.567. The first-order valence-corrected chi connectivity index (χ1v) is 8.70. The molecule has 26 heavy (non-hydrogen) atoms. The number of nitro groups is 1. The van der Waals surface area contributed by atoms with Crippen molar-refractivity contribution >= 4 is 23.2 Å². The van der Waals surface area contributed by atoms with Gasteiger partial charge in [-0.05, 0) is 13.0 Å². The van der Waals surface area contributed by atoms with Gasteiger partial charge in [0.05, 0.1) is 23.3 Å². The number of hydrogen-bond donors (Lipinski definition) is 0. The summed E-state index contributed by atoms with van der Waals surface area (Å²) in [4.78, 5) is 24.5. The highest BCUT2D eigenvalue weighted by atomic mass is 35.5. The van der Waals surface area contributed by atoms with Gasteiger partial charge in [0.2, 0.25) is 5.91 Å². The third-order valence-corrected chi connectivity index (χ3v) is 5.25. The van der Waals surface area contributed by atoms with Crippen LogP contribution in [0.3, 0.4) is 0 Å². The number of hydrogen-bond acceptors (Lipinski definition) is 5. The molecule has 1 aromatic heterocycles. The quantitative estimate of drug-likeness (QED) is 0.466. The summed E-state index contributed by atoms with van der Waals surface area (Å²) in [6, 6.07) is 4.48. The third kappa shape index (κ3) is 2.65. The zero-order valence-electron chi connectivity index (χ0n) is 14.3. The van der Waals surface area contributed by atoms with Gasteiger partial charge >= 0.3 is 0 Å². The molecule has 136 valence electrons. The normalized spacial score (nSPS) is 21.4. The fourth-order valence-corrected chi connectivity index (χ4v) is 3.80. The maximum absolute atomic E-state index is 12.0. The van der Waals surface area contributed by atoms with Crippen LogP contribution >= 0.6 is 11.6 Å². The smallest absolute Gasteiger partial charge is 0.288 e. The molecule has 4 rings (SSSR count). The van der Waals surface area contributed by atoms with E-state index in [1.165, 1.54) is 12.1 Å². The number of carbonyl (C=O) groups is 1. The summed E-state index contributed by atoms with van der Waals surface area (Å²) in [5.41, 5.74) is 3.01. The van der Waals surface area contributed by atoms with Gasteiger partial charge in [-0.25, -0.2) is 4.68 Å². The average Bonchev–Trinajstić information content (AvgIpc) is 3.35. The highest BCUT2D eigenvalue weighted by Gasteiger charge is 2.37. The Hall–Kier alpha value is -2.45. The molecule has 0 saturated carbocycles. The van der Waals surface area contributed by atoms with Crippen molar-refractivity contribution in [3.05, 3.63) is 44.6 Å². The third-order valence-electron chi connectivity index (χ3n) is 4.93. The Labute approximate surface area is 154 Å². The van der Waals surface area contributed by atoms with Gasteiger partial charge in [-0.15, -0.1) is 0 Å². The Morgan fingerprint density at radius 3 is 2.81 bits per heavy atom. The van der Waals surface area contributed by atoms with Gasteiger partial charge in [-0.1, -0.05) is 17.7 Å². The summed E-state index contributed by atoms with van der Waals surface area (Å²) >= 11 is 5.94. The number of ether oxygens (including phenoxy) is 1. The molecule has 0 bridgehead atoms. The minimum absolute atomic E-state index is 0.00777. The lowest BCUT2D eigenvalue weighted by molar-refractivity contribution is -0.384. The molecule has 1 fully saturated rings. The minimum atomic E-state index is -0.509. The van der Waals surface area contributed by atoms with Crippen molar-refractivity contribution in [2.45, 2.75) is 32.5 Å². The topological polar surface area (TPSA) is 93.8 Å². The van der Waals surface area contributed by atoms with Crippen molar-refractivity contribution in [1.82, 2.24) is 14.7 Å². The number of aromatic nitrogens is 2. The van der Waals surface area contributed by atoms with Crippen molar-refractivity contribution in [1.29, 1.82) is 0 Å². The molecule has 0 aliphatic carbocycles. The zero-order valence-corrected chi connectivity index (χ0v) is 15.1. The summed E-state index contributed by atoms with van der Waals surface area (Å²) in [5.74, 6) is -0.00777. The molecular weight excluding hydrogens is 360 g/mol. The van der Waals surface area contributed by atoms with Crippen molar-refractivity contribution < 1.29 is 14.5 Å². The van der Waals surface area contributed by atoms with Crippen LogP contribution in [0.4, 0.5) is 5.69 Å². The van der Waals surface area contributed by atoms with Crippen LogP contribution < -0.4 is 0 Å². The zero-order chi connectivity index (χ0) is 18.6. The Kier molecular flexibility index (Phi) is 3.96. The van der Waals surface area contributed by atoms with E-state index in [9.17, 15) is 14.9 Å². The molecule has 1 saturated heterocycles. The SMILES string of the molecule is CC(=O)N1CCc2c(c(-c3ccc(Cl)c([N+](=O)[O-])c3)nn2C2CO2)C1C.